The van der Waals surface area contributed by atoms with Crippen LogP contribution in [0.15, 0.2) is 28.4 Å². The molecule has 0 aliphatic heterocycles. The lowest BCUT2D eigenvalue weighted by molar-refractivity contribution is 0.548. The van der Waals surface area contributed by atoms with Crippen molar-refractivity contribution < 1.29 is 0 Å². The monoisotopic (exact) mass is 324 g/mol. The molecule has 4 nitrogen and oxygen atoms in total. The maximum Gasteiger partial charge on any atom is 0.121 e. The second-order valence-electron chi connectivity index (χ2n) is 5.41. The molecule has 0 atom stereocenters. The van der Waals surface area contributed by atoms with Crippen molar-refractivity contribution in [1.82, 2.24) is 20.1 Å². The molecule has 0 bridgehead atoms. The average Bonchev–Trinajstić information content (AvgIpc) is 2.67. The Hall–Kier alpha value is -1.04. The highest BCUT2D eigenvalue weighted by molar-refractivity contribution is 7.99. The van der Waals surface area contributed by atoms with E-state index in [4.69, 9.17) is 11.6 Å². The van der Waals surface area contributed by atoms with Gasteiger partial charge in [-0.15, -0.1) is 0 Å². The van der Waals surface area contributed by atoms with E-state index in [-0.39, 0.29) is 0 Å². The topological polar surface area (TPSA) is 42.7 Å². The fourth-order valence-corrected chi connectivity index (χ4v) is 3.25. The van der Waals surface area contributed by atoms with Crippen LogP contribution in [-0.4, -0.2) is 21.3 Å². The SMILES string of the molecule is Cc1nn(C)c(Sc2ncccc2Cl)c1CNCC(C)C. The van der Waals surface area contributed by atoms with E-state index in [0.29, 0.717) is 10.9 Å². The molecule has 0 fully saturated rings. The first kappa shape index (κ1) is 16.3. The van der Waals surface area contributed by atoms with Gasteiger partial charge in [-0.2, -0.15) is 5.10 Å². The van der Waals surface area contributed by atoms with Crippen molar-refractivity contribution in [3.63, 3.8) is 0 Å². The molecule has 0 aromatic carbocycles. The van der Waals surface area contributed by atoms with Gasteiger partial charge in [0.2, 0.25) is 0 Å². The van der Waals surface area contributed by atoms with Crippen LogP contribution in [0.1, 0.15) is 25.1 Å². The molecule has 0 unspecified atom stereocenters. The van der Waals surface area contributed by atoms with Gasteiger partial charge < -0.3 is 5.32 Å². The number of halogens is 1. The summed E-state index contributed by atoms with van der Waals surface area (Å²) in [5, 5.41) is 10.6. The first-order chi connectivity index (χ1) is 9.99. The van der Waals surface area contributed by atoms with Gasteiger partial charge in [0.05, 0.1) is 10.7 Å². The Morgan fingerprint density at radius 2 is 2.19 bits per heavy atom. The summed E-state index contributed by atoms with van der Waals surface area (Å²) >= 11 is 7.77. The van der Waals surface area contributed by atoms with E-state index in [1.807, 2.05) is 30.8 Å². The molecule has 0 spiro atoms. The molecule has 21 heavy (non-hydrogen) atoms. The van der Waals surface area contributed by atoms with Crippen LogP contribution in [0.5, 0.6) is 0 Å². The predicted octanol–water partition coefficient (Wildman–Crippen LogP) is 3.67. The zero-order chi connectivity index (χ0) is 15.4. The minimum Gasteiger partial charge on any atom is -0.312 e. The average molecular weight is 325 g/mol. The largest absolute Gasteiger partial charge is 0.312 e. The van der Waals surface area contributed by atoms with Crippen molar-refractivity contribution in [2.24, 2.45) is 13.0 Å². The van der Waals surface area contributed by atoms with E-state index in [0.717, 1.165) is 28.8 Å². The van der Waals surface area contributed by atoms with Crippen LogP contribution >= 0.6 is 23.4 Å². The third-order valence-electron chi connectivity index (χ3n) is 3.06. The summed E-state index contributed by atoms with van der Waals surface area (Å²) in [6.45, 7) is 8.24. The Bertz CT molecular complexity index is 610. The van der Waals surface area contributed by atoms with Gasteiger partial charge in [0.25, 0.3) is 0 Å². The maximum atomic E-state index is 6.20. The number of rotatable bonds is 6. The minimum absolute atomic E-state index is 0.628. The molecule has 0 aliphatic rings. The number of nitrogens with zero attached hydrogens (tertiary/aromatic N) is 3. The summed E-state index contributed by atoms with van der Waals surface area (Å²) < 4.78 is 1.90. The van der Waals surface area contributed by atoms with E-state index < -0.39 is 0 Å². The molecule has 2 heterocycles. The van der Waals surface area contributed by atoms with Gasteiger partial charge in [-0.25, -0.2) is 4.98 Å². The minimum atomic E-state index is 0.628. The summed E-state index contributed by atoms with van der Waals surface area (Å²) in [4.78, 5) is 4.34. The summed E-state index contributed by atoms with van der Waals surface area (Å²) in [7, 11) is 1.96. The summed E-state index contributed by atoms with van der Waals surface area (Å²) in [5.41, 5.74) is 2.26. The molecular weight excluding hydrogens is 304 g/mol. The Morgan fingerprint density at radius 1 is 1.43 bits per heavy atom. The number of hydrogen-bond acceptors (Lipinski definition) is 4. The van der Waals surface area contributed by atoms with Gasteiger partial charge in [-0.05, 0) is 43.3 Å². The third kappa shape index (κ3) is 4.22. The van der Waals surface area contributed by atoms with Crippen LogP contribution in [0.25, 0.3) is 0 Å². The number of aryl methyl sites for hydroxylation is 2. The van der Waals surface area contributed by atoms with Crippen LogP contribution in [-0.2, 0) is 13.6 Å². The molecule has 0 radical (unpaired) electrons. The second-order valence-corrected chi connectivity index (χ2v) is 6.79. The second kappa shape index (κ2) is 7.29. The molecule has 0 saturated carbocycles. The van der Waals surface area contributed by atoms with Crippen LogP contribution in [0.4, 0.5) is 0 Å². The molecule has 0 aliphatic carbocycles. The smallest absolute Gasteiger partial charge is 0.121 e. The lowest BCUT2D eigenvalue weighted by Crippen LogP contribution is -2.19. The number of aromatic nitrogens is 3. The standard InChI is InChI=1S/C15H21ClN4S/c1-10(2)8-17-9-12-11(3)19-20(4)15(12)21-14-13(16)6-5-7-18-14/h5-7,10,17H,8-9H2,1-4H3. The highest BCUT2D eigenvalue weighted by Crippen LogP contribution is 2.34. The Balaban J connectivity index is 2.20. The Kier molecular flexibility index (Phi) is 5.67. The van der Waals surface area contributed by atoms with E-state index in [1.54, 1.807) is 18.0 Å². The molecule has 6 heteroatoms. The lowest BCUT2D eigenvalue weighted by Gasteiger charge is -2.09. The zero-order valence-corrected chi connectivity index (χ0v) is 14.4. The number of hydrogen-bond donors (Lipinski definition) is 1. The summed E-state index contributed by atoms with van der Waals surface area (Å²) in [6.07, 6.45) is 1.76. The van der Waals surface area contributed by atoms with Crippen molar-refractivity contribution in [3.8, 4) is 0 Å². The van der Waals surface area contributed by atoms with Crippen LogP contribution in [0.2, 0.25) is 5.02 Å². The highest BCUT2D eigenvalue weighted by Gasteiger charge is 2.16. The molecule has 1 N–H and O–H groups in total. The zero-order valence-electron chi connectivity index (χ0n) is 12.9. The van der Waals surface area contributed by atoms with E-state index in [2.05, 4.69) is 29.2 Å². The molecular formula is C15H21ClN4S. The molecule has 2 aromatic rings. The van der Waals surface area contributed by atoms with Crippen LogP contribution in [0, 0.1) is 12.8 Å². The lowest BCUT2D eigenvalue weighted by atomic mass is 10.2. The molecule has 0 saturated heterocycles. The van der Waals surface area contributed by atoms with Crippen molar-refractivity contribution in [3.05, 3.63) is 34.6 Å². The van der Waals surface area contributed by atoms with E-state index in [9.17, 15) is 0 Å². The number of nitrogens with one attached hydrogen (secondary N) is 1. The molecule has 2 aromatic heterocycles. The number of pyridine rings is 1. The van der Waals surface area contributed by atoms with E-state index in [1.165, 1.54) is 5.56 Å². The molecule has 2 rings (SSSR count). The van der Waals surface area contributed by atoms with Gasteiger partial charge in [0, 0.05) is 25.4 Å². The highest BCUT2D eigenvalue weighted by atomic mass is 35.5. The van der Waals surface area contributed by atoms with E-state index >= 15 is 0 Å². The quantitative estimate of drug-likeness (QED) is 0.880. The normalized spacial score (nSPS) is 11.3. The first-order valence-electron chi connectivity index (χ1n) is 7.00. The summed E-state index contributed by atoms with van der Waals surface area (Å²) in [6, 6.07) is 3.70. The van der Waals surface area contributed by atoms with Crippen molar-refractivity contribution in [2.75, 3.05) is 6.54 Å². The third-order valence-corrected chi connectivity index (χ3v) is 4.70. The Morgan fingerprint density at radius 3 is 2.86 bits per heavy atom. The molecule has 114 valence electrons. The fraction of sp³-hybridized carbons (Fsp3) is 0.467. The predicted molar refractivity (Wildman–Crippen MR) is 87.9 cm³/mol. The Labute approximate surface area is 135 Å². The van der Waals surface area contributed by atoms with Crippen molar-refractivity contribution in [2.45, 2.75) is 37.4 Å². The van der Waals surface area contributed by atoms with Gasteiger partial charge in [0.1, 0.15) is 10.1 Å². The van der Waals surface area contributed by atoms with Gasteiger partial charge in [0.15, 0.2) is 0 Å². The van der Waals surface area contributed by atoms with Crippen molar-refractivity contribution in [1.29, 1.82) is 0 Å². The van der Waals surface area contributed by atoms with Gasteiger partial charge >= 0.3 is 0 Å². The van der Waals surface area contributed by atoms with Crippen LogP contribution < -0.4 is 5.32 Å². The van der Waals surface area contributed by atoms with Gasteiger partial charge in [-0.1, -0.05) is 25.4 Å². The molecule has 0 amide bonds. The fourth-order valence-electron chi connectivity index (χ4n) is 2.04. The van der Waals surface area contributed by atoms with Gasteiger partial charge in [-0.3, -0.25) is 4.68 Å². The maximum absolute atomic E-state index is 6.20. The van der Waals surface area contributed by atoms with Crippen molar-refractivity contribution >= 4 is 23.4 Å². The summed E-state index contributed by atoms with van der Waals surface area (Å²) in [5.74, 6) is 0.628. The van der Waals surface area contributed by atoms with Crippen LogP contribution in [0.3, 0.4) is 0 Å². The first-order valence-corrected chi connectivity index (χ1v) is 8.20.